The van der Waals surface area contributed by atoms with Gasteiger partial charge in [0.1, 0.15) is 0 Å². The second-order valence-corrected chi connectivity index (χ2v) is 8.36. The van der Waals surface area contributed by atoms with E-state index < -0.39 is 11.8 Å². The van der Waals surface area contributed by atoms with Crippen molar-refractivity contribution in [1.82, 2.24) is 10.6 Å². The van der Waals surface area contributed by atoms with Crippen molar-refractivity contribution >= 4 is 11.8 Å². The summed E-state index contributed by atoms with van der Waals surface area (Å²) in [6, 6.07) is 16.1. The number of carbonyl (C=O) groups excluding carboxylic acids is 2. The van der Waals surface area contributed by atoms with E-state index in [0.717, 1.165) is 23.1 Å². The molecule has 1 aliphatic rings. The number of hydrogen-bond acceptors (Lipinski definition) is 3. The average Bonchev–Trinajstić information content (AvgIpc) is 3.23. The van der Waals surface area contributed by atoms with Gasteiger partial charge in [-0.15, -0.1) is 0 Å². The van der Waals surface area contributed by atoms with E-state index in [-0.39, 0.29) is 17.9 Å². The van der Waals surface area contributed by atoms with Crippen molar-refractivity contribution in [2.45, 2.75) is 52.0 Å². The topological polar surface area (TPSA) is 82.0 Å². The van der Waals surface area contributed by atoms with Crippen LogP contribution in [0.4, 0.5) is 0 Å². The normalized spacial score (nSPS) is 19.2. The Morgan fingerprint density at radius 3 is 2.17 bits per heavy atom. The Kier molecular flexibility index (Phi) is 6.89. The van der Waals surface area contributed by atoms with Crippen LogP contribution in [-0.4, -0.2) is 11.8 Å². The first kappa shape index (κ1) is 21.6. The van der Waals surface area contributed by atoms with Crippen LogP contribution < -0.4 is 10.6 Å². The van der Waals surface area contributed by atoms with Crippen molar-refractivity contribution in [2.24, 2.45) is 11.8 Å². The van der Waals surface area contributed by atoms with E-state index in [9.17, 15) is 9.59 Å². The number of nitriles is 1. The predicted octanol–water partition coefficient (Wildman–Crippen LogP) is 4.34. The summed E-state index contributed by atoms with van der Waals surface area (Å²) < 4.78 is 0. The molecule has 1 fully saturated rings. The van der Waals surface area contributed by atoms with Crippen LogP contribution >= 0.6 is 0 Å². The number of carbonyl (C=O) groups is 2. The summed E-state index contributed by atoms with van der Waals surface area (Å²) in [6.45, 7) is 6.35. The highest BCUT2D eigenvalue weighted by atomic mass is 16.2. The SMILES string of the molecule is Cc1ccccc1[C@H](NC(=O)[C@@H]1CCC[C@@H]1C(=O)NC#N)c1ccc(C(C)C)cc1. The smallest absolute Gasteiger partial charge is 0.236 e. The molecule has 1 saturated carbocycles. The van der Waals surface area contributed by atoms with Crippen molar-refractivity contribution in [2.75, 3.05) is 0 Å². The van der Waals surface area contributed by atoms with Crippen LogP contribution in [0.3, 0.4) is 0 Å². The Morgan fingerprint density at radius 1 is 0.967 bits per heavy atom. The predicted molar refractivity (Wildman–Crippen MR) is 116 cm³/mol. The number of aryl methyl sites for hydroxylation is 1. The number of benzene rings is 2. The van der Waals surface area contributed by atoms with Gasteiger partial charge in [-0.25, -0.2) is 0 Å². The quantitative estimate of drug-likeness (QED) is 0.556. The Balaban J connectivity index is 1.89. The van der Waals surface area contributed by atoms with Crippen LogP contribution in [0.15, 0.2) is 48.5 Å². The summed E-state index contributed by atoms with van der Waals surface area (Å²) in [7, 11) is 0. The molecule has 0 heterocycles. The van der Waals surface area contributed by atoms with Crippen molar-refractivity contribution in [3.05, 3.63) is 70.8 Å². The maximum absolute atomic E-state index is 13.2. The van der Waals surface area contributed by atoms with Gasteiger partial charge in [-0.3, -0.25) is 14.9 Å². The van der Waals surface area contributed by atoms with Crippen molar-refractivity contribution in [3.63, 3.8) is 0 Å². The molecular weight excluding hydrogens is 374 g/mol. The van der Waals surface area contributed by atoms with Gasteiger partial charge in [-0.1, -0.05) is 68.8 Å². The van der Waals surface area contributed by atoms with Gasteiger partial charge in [0.2, 0.25) is 11.8 Å². The lowest BCUT2D eigenvalue weighted by Crippen LogP contribution is -2.40. The molecule has 3 rings (SSSR count). The van der Waals surface area contributed by atoms with E-state index in [4.69, 9.17) is 5.26 Å². The van der Waals surface area contributed by atoms with Crippen LogP contribution in [0.5, 0.6) is 0 Å². The zero-order valence-corrected chi connectivity index (χ0v) is 17.8. The monoisotopic (exact) mass is 403 g/mol. The summed E-state index contributed by atoms with van der Waals surface area (Å²) in [5.41, 5.74) is 4.40. The molecular formula is C25H29N3O2. The molecule has 0 unspecified atom stereocenters. The Morgan fingerprint density at radius 2 is 1.57 bits per heavy atom. The van der Waals surface area contributed by atoms with E-state index in [1.807, 2.05) is 31.2 Å². The fourth-order valence-electron chi connectivity index (χ4n) is 4.31. The molecule has 1 aliphatic carbocycles. The minimum Gasteiger partial charge on any atom is -0.345 e. The molecule has 0 saturated heterocycles. The first-order valence-electron chi connectivity index (χ1n) is 10.6. The first-order chi connectivity index (χ1) is 14.4. The fourth-order valence-corrected chi connectivity index (χ4v) is 4.31. The lowest BCUT2D eigenvalue weighted by Gasteiger charge is -2.25. The second kappa shape index (κ2) is 9.58. The third-order valence-corrected chi connectivity index (χ3v) is 6.09. The minimum absolute atomic E-state index is 0.133. The molecule has 3 atom stereocenters. The van der Waals surface area contributed by atoms with Crippen LogP contribution in [0.2, 0.25) is 0 Å². The van der Waals surface area contributed by atoms with Gasteiger partial charge in [0, 0.05) is 5.92 Å². The zero-order valence-electron chi connectivity index (χ0n) is 17.8. The summed E-state index contributed by atoms with van der Waals surface area (Å²) in [4.78, 5) is 25.5. The third kappa shape index (κ3) is 4.71. The van der Waals surface area contributed by atoms with E-state index in [1.54, 1.807) is 6.19 Å². The molecule has 2 N–H and O–H groups in total. The van der Waals surface area contributed by atoms with Gasteiger partial charge in [0.25, 0.3) is 0 Å². The maximum Gasteiger partial charge on any atom is 0.236 e. The molecule has 5 heteroatoms. The molecule has 0 aromatic heterocycles. The molecule has 2 aromatic carbocycles. The Labute approximate surface area is 178 Å². The number of rotatable bonds is 6. The molecule has 30 heavy (non-hydrogen) atoms. The van der Waals surface area contributed by atoms with E-state index >= 15 is 0 Å². The summed E-state index contributed by atoms with van der Waals surface area (Å²) in [5, 5.41) is 14.2. The van der Waals surface area contributed by atoms with E-state index in [0.29, 0.717) is 18.8 Å². The Hall–Kier alpha value is -3.13. The molecule has 0 aliphatic heterocycles. The van der Waals surface area contributed by atoms with Crippen molar-refractivity contribution < 1.29 is 9.59 Å². The summed E-state index contributed by atoms with van der Waals surface area (Å²) in [6.07, 6.45) is 3.78. The maximum atomic E-state index is 13.2. The minimum atomic E-state index is -0.453. The molecule has 2 amide bonds. The third-order valence-electron chi connectivity index (χ3n) is 6.09. The van der Waals surface area contributed by atoms with Crippen LogP contribution in [-0.2, 0) is 9.59 Å². The standard InChI is InChI=1S/C25H29N3O2/c1-16(2)18-11-13-19(14-12-18)23(20-8-5-4-7-17(20)3)28-25(30)22-10-6-9-21(22)24(29)27-15-26/h4-5,7-8,11-14,16,21-23H,6,9-10H2,1-3H3,(H,27,29)(H,28,30)/t21-,22+,23+/m0/s1. The van der Waals surface area contributed by atoms with Crippen molar-refractivity contribution in [1.29, 1.82) is 5.26 Å². The number of nitrogens with zero attached hydrogens (tertiary/aromatic N) is 1. The average molecular weight is 404 g/mol. The molecule has 5 nitrogen and oxygen atoms in total. The number of hydrogen-bond donors (Lipinski definition) is 2. The van der Waals surface area contributed by atoms with Crippen LogP contribution in [0, 0.1) is 30.2 Å². The van der Waals surface area contributed by atoms with E-state index in [2.05, 4.69) is 48.7 Å². The number of amides is 2. The zero-order chi connectivity index (χ0) is 21.7. The van der Waals surface area contributed by atoms with Crippen LogP contribution in [0.25, 0.3) is 0 Å². The fraction of sp³-hybridized carbons (Fsp3) is 0.400. The molecule has 2 aromatic rings. The van der Waals surface area contributed by atoms with Crippen molar-refractivity contribution in [3.8, 4) is 6.19 Å². The van der Waals surface area contributed by atoms with Crippen LogP contribution in [0.1, 0.15) is 67.3 Å². The molecule has 0 spiro atoms. The summed E-state index contributed by atoms with van der Waals surface area (Å²) >= 11 is 0. The van der Waals surface area contributed by atoms with Gasteiger partial charge in [0.15, 0.2) is 6.19 Å². The van der Waals surface area contributed by atoms with Gasteiger partial charge in [-0.05, 0) is 47.9 Å². The lowest BCUT2D eigenvalue weighted by molar-refractivity contribution is -0.133. The van der Waals surface area contributed by atoms with Gasteiger partial charge >= 0.3 is 0 Å². The second-order valence-electron chi connectivity index (χ2n) is 8.36. The highest BCUT2D eigenvalue weighted by molar-refractivity contribution is 5.89. The van der Waals surface area contributed by atoms with Gasteiger partial charge in [0.05, 0.1) is 12.0 Å². The van der Waals surface area contributed by atoms with Gasteiger partial charge in [-0.2, -0.15) is 5.26 Å². The Bertz CT molecular complexity index is 944. The highest BCUT2D eigenvalue weighted by Crippen LogP contribution is 2.34. The highest BCUT2D eigenvalue weighted by Gasteiger charge is 2.38. The number of nitrogens with one attached hydrogen (secondary N) is 2. The molecule has 0 radical (unpaired) electrons. The lowest BCUT2D eigenvalue weighted by atomic mass is 9.90. The summed E-state index contributed by atoms with van der Waals surface area (Å²) in [5.74, 6) is -0.926. The molecule has 156 valence electrons. The molecule has 0 bridgehead atoms. The first-order valence-corrected chi connectivity index (χ1v) is 10.6. The largest absolute Gasteiger partial charge is 0.345 e. The van der Waals surface area contributed by atoms with Gasteiger partial charge < -0.3 is 5.32 Å². The van der Waals surface area contributed by atoms with E-state index in [1.165, 1.54) is 5.56 Å².